The maximum absolute atomic E-state index is 12.0. The molecule has 0 radical (unpaired) electrons. The molecule has 1 amide bonds. The van der Waals surface area contributed by atoms with Gasteiger partial charge in [-0.15, -0.1) is 0 Å². The fourth-order valence-electron chi connectivity index (χ4n) is 3.05. The Morgan fingerprint density at radius 1 is 1.30 bits per heavy atom. The molecule has 1 saturated carbocycles. The molecule has 0 bridgehead atoms. The second-order valence-electron chi connectivity index (χ2n) is 5.87. The van der Waals surface area contributed by atoms with Crippen molar-refractivity contribution >= 4 is 5.91 Å². The van der Waals surface area contributed by atoms with Crippen LogP contribution in [0.15, 0.2) is 4.52 Å². The maximum atomic E-state index is 12.0. The first kappa shape index (κ1) is 13.5. The summed E-state index contributed by atoms with van der Waals surface area (Å²) in [6.07, 6.45) is 6.58. The predicted octanol–water partition coefficient (Wildman–Crippen LogP) is 1.36. The van der Waals surface area contributed by atoms with Crippen molar-refractivity contribution in [3.63, 3.8) is 0 Å². The lowest BCUT2D eigenvalue weighted by atomic mass is 9.81. The Morgan fingerprint density at radius 3 is 2.60 bits per heavy atom. The van der Waals surface area contributed by atoms with Crippen LogP contribution in [-0.2, 0) is 10.3 Å². The zero-order valence-electron chi connectivity index (χ0n) is 12.0. The van der Waals surface area contributed by atoms with Crippen molar-refractivity contribution in [1.29, 1.82) is 0 Å². The van der Waals surface area contributed by atoms with Gasteiger partial charge in [0.05, 0.1) is 12.1 Å². The van der Waals surface area contributed by atoms with Gasteiger partial charge in [-0.2, -0.15) is 4.98 Å². The number of rotatable bonds is 4. The van der Waals surface area contributed by atoms with E-state index in [1.807, 2.05) is 4.90 Å². The first-order valence-electron chi connectivity index (χ1n) is 7.53. The lowest BCUT2D eigenvalue weighted by Crippen LogP contribution is -2.52. The summed E-state index contributed by atoms with van der Waals surface area (Å²) < 4.78 is 5.13. The molecule has 1 aromatic heterocycles. The Labute approximate surface area is 118 Å². The number of hydrogen-bond donors (Lipinski definition) is 1. The zero-order valence-corrected chi connectivity index (χ0v) is 12.0. The first-order chi connectivity index (χ1) is 9.70. The molecule has 1 N–H and O–H groups in total. The zero-order chi connectivity index (χ0) is 14.0. The fraction of sp³-hybridized carbons (Fsp3) is 0.786. The molecular weight excluding hydrogens is 256 g/mol. The van der Waals surface area contributed by atoms with Gasteiger partial charge in [0, 0.05) is 20.0 Å². The van der Waals surface area contributed by atoms with Crippen LogP contribution in [0.2, 0.25) is 0 Å². The third-order valence-corrected chi connectivity index (χ3v) is 4.45. The first-order valence-corrected chi connectivity index (χ1v) is 7.53. The van der Waals surface area contributed by atoms with E-state index in [0.29, 0.717) is 18.3 Å². The number of likely N-dealkylation sites (tertiary alicyclic amines) is 1. The van der Waals surface area contributed by atoms with E-state index in [1.165, 1.54) is 6.42 Å². The Morgan fingerprint density at radius 2 is 2.05 bits per heavy atom. The molecule has 0 aromatic carbocycles. The molecule has 1 aliphatic heterocycles. The topological polar surface area (TPSA) is 71.3 Å². The molecule has 1 aliphatic carbocycles. The summed E-state index contributed by atoms with van der Waals surface area (Å²) in [6.45, 7) is 3.97. The van der Waals surface area contributed by atoms with E-state index in [4.69, 9.17) is 4.52 Å². The molecule has 1 aromatic rings. The number of amides is 1. The molecule has 6 nitrogen and oxygen atoms in total. The van der Waals surface area contributed by atoms with Crippen molar-refractivity contribution in [3.8, 4) is 0 Å². The van der Waals surface area contributed by atoms with Gasteiger partial charge in [0.25, 0.3) is 0 Å². The van der Waals surface area contributed by atoms with Crippen LogP contribution in [-0.4, -0.2) is 40.6 Å². The number of aromatic nitrogens is 2. The molecule has 2 aliphatic rings. The highest BCUT2D eigenvalue weighted by Crippen LogP contribution is 2.35. The van der Waals surface area contributed by atoms with Crippen molar-refractivity contribution in [2.24, 2.45) is 0 Å². The molecule has 110 valence electrons. The van der Waals surface area contributed by atoms with E-state index in [1.54, 1.807) is 6.92 Å². The van der Waals surface area contributed by atoms with Crippen LogP contribution in [0.3, 0.4) is 0 Å². The number of carbonyl (C=O) groups is 1. The lowest BCUT2D eigenvalue weighted by Gasteiger charge is -2.37. The quantitative estimate of drug-likeness (QED) is 0.900. The standard InChI is InChI=1S/C14H22N4O2/c1-11-16-13(17-20-11)14(6-3-2-4-7-14)15-10-12(19)18-8-5-9-18/h15H,2-10H2,1H3. The van der Waals surface area contributed by atoms with Crippen LogP contribution in [0.5, 0.6) is 0 Å². The number of aryl methyl sites for hydroxylation is 1. The van der Waals surface area contributed by atoms with E-state index in [2.05, 4.69) is 15.5 Å². The summed E-state index contributed by atoms with van der Waals surface area (Å²) in [5.41, 5.74) is -0.281. The Balaban J connectivity index is 1.70. The van der Waals surface area contributed by atoms with Gasteiger partial charge in [-0.1, -0.05) is 24.4 Å². The van der Waals surface area contributed by atoms with Crippen LogP contribution in [0.25, 0.3) is 0 Å². The van der Waals surface area contributed by atoms with Crippen LogP contribution >= 0.6 is 0 Å². The Kier molecular flexibility index (Phi) is 3.74. The SMILES string of the molecule is Cc1nc(C2(NCC(=O)N3CCC3)CCCCC2)no1. The second kappa shape index (κ2) is 5.52. The fourth-order valence-corrected chi connectivity index (χ4v) is 3.05. The summed E-state index contributed by atoms with van der Waals surface area (Å²) in [5, 5.41) is 7.53. The van der Waals surface area contributed by atoms with Crippen molar-refractivity contribution in [3.05, 3.63) is 11.7 Å². The summed E-state index contributed by atoms with van der Waals surface area (Å²) in [6, 6.07) is 0. The molecule has 0 unspecified atom stereocenters. The van der Waals surface area contributed by atoms with Crippen LogP contribution in [0.1, 0.15) is 50.2 Å². The van der Waals surface area contributed by atoms with Gasteiger partial charge in [-0.05, 0) is 19.3 Å². The van der Waals surface area contributed by atoms with E-state index >= 15 is 0 Å². The van der Waals surface area contributed by atoms with Crippen molar-refractivity contribution in [2.45, 2.75) is 51.0 Å². The average Bonchev–Trinajstić information content (AvgIpc) is 2.83. The largest absolute Gasteiger partial charge is 0.341 e. The highest BCUT2D eigenvalue weighted by Gasteiger charge is 2.38. The van der Waals surface area contributed by atoms with Gasteiger partial charge in [0.1, 0.15) is 0 Å². The normalized spacial score (nSPS) is 21.6. The van der Waals surface area contributed by atoms with Crippen LogP contribution in [0, 0.1) is 6.92 Å². The summed E-state index contributed by atoms with van der Waals surface area (Å²) in [7, 11) is 0. The molecule has 20 heavy (non-hydrogen) atoms. The third kappa shape index (κ3) is 2.57. The molecule has 2 fully saturated rings. The van der Waals surface area contributed by atoms with Gasteiger partial charge >= 0.3 is 0 Å². The van der Waals surface area contributed by atoms with Gasteiger partial charge in [-0.3, -0.25) is 10.1 Å². The van der Waals surface area contributed by atoms with E-state index in [-0.39, 0.29) is 11.4 Å². The molecule has 3 rings (SSSR count). The minimum absolute atomic E-state index is 0.182. The second-order valence-corrected chi connectivity index (χ2v) is 5.87. The molecule has 6 heteroatoms. The van der Waals surface area contributed by atoms with E-state index < -0.39 is 0 Å². The van der Waals surface area contributed by atoms with Gasteiger partial charge in [0.15, 0.2) is 5.82 Å². The predicted molar refractivity (Wildman–Crippen MR) is 73.0 cm³/mol. The number of nitrogens with zero attached hydrogens (tertiary/aromatic N) is 3. The van der Waals surface area contributed by atoms with E-state index in [0.717, 1.165) is 45.2 Å². The van der Waals surface area contributed by atoms with Crippen LogP contribution < -0.4 is 5.32 Å². The highest BCUT2D eigenvalue weighted by atomic mass is 16.5. The van der Waals surface area contributed by atoms with E-state index in [9.17, 15) is 4.79 Å². The van der Waals surface area contributed by atoms with Gasteiger partial charge in [-0.25, -0.2) is 0 Å². The number of hydrogen-bond acceptors (Lipinski definition) is 5. The summed E-state index contributed by atoms with van der Waals surface area (Å²) >= 11 is 0. The number of carbonyl (C=O) groups excluding carboxylic acids is 1. The van der Waals surface area contributed by atoms with Gasteiger partial charge < -0.3 is 9.42 Å². The van der Waals surface area contributed by atoms with Crippen molar-refractivity contribution in [1.82, 2.24) is 20.4 Å². The Hall–Kier alpha value is -1.43. The van der Waals surface area contributed by atoms with Crippen molar-refractivity contribution < 1.29 is 9.32 Å². The summed E-state index contributed by atoms with van der Waals surface area (Å²) in [5.74, 6) is 1.48. The molecule has 0 atom stereocenters. The molecular formula is C14H22N4O2. The monoisotopic (exact) mass is 278 g/mol. The highest BCUT2D eigenvalue weighted by molar-refractivity contribution is 5.79. The van der Waals surface area contributed by atoms with Crippen LogP contribution in [0.4, 0.5) is 0 Å². The number of nitrogens with one attached hydrogen (secondary N) is 1. The minimum Gasteiger partial charge on any atom is -0.341 e. The molecule has 0 spiro atoms. The molecule has 2 heterocycles. The van der Waals surface area contributed by atoms with Crippen molar-refractivity contribution in [2.75, 3.05) is 19.6 Å². The smallest absolute Gasteiger partial charge is 0.236 e. The average molecular weight is 278 g/mol. The summed E-state index contributed by atoms with van der Waals surface area (Å²) in [4.78, 5) is 18.3. The third-order valence-electron chi connectivity index (χ3n) is 4.45. The molecule has 1 saturated heterocycles. The lowest BCUT2D eigenvalue weighted by molar-refractivity contribution is -0.134. The Bertz CT molecular complexity index is 475. The van der Waals surface area contributed by atoms with Gasteiger partial charge in [0.2, 0.25) is 11.8 Å². The maximum Gasteiger partial charge on any atom is 0.236 e. The minimum atomic E-state index is -0.281.